The first-order chi connectivity index (χ1) is 6.31. The van der Waals surface area contributed by atoms with E-state index < -0.39 is 0 Å². The normalized spacial score (nSPS) is 18.7. The molecule has 0 radical (unpaired) electrons. The fourth-order valence-electron chi connectivity index (χ4n) is 1.58. The molecule has 0 fully saturated rings. The van der Waals surface area contributed by atoms with Crippen molar-refractivity contribution in [2.75, 3.05) is 0 Å². The highest BCUT2D eigenvalue weighted by molar-refractivity contribution is 9.10. The molecule has 2 rings (SSSR count). The van der Waals surface area contributed by atoms with Crippen LogP contribution >= 0.6 is 15.9 Å². The minimum Gasteiger partial charge on any atom is -0.411 e. The van der Waals surface area contributed by atoms with Crippen LogP contribution in [0.3, 0.4) is 0 Å². The molecule has 1 aliphatic rings. The van der Waals surface area contributed by atoms with Gasteiger partial charge in [-0.05, 0) is 41.3 Å². The monoisotopic (exact) mass is 240 g/mol. The Morgan fingerprint density at radius 3 is 3.08 bits per heavy atom. The lowest BCUT2D eigenvalue weighted by molar-refractivity contribution is 0.317. The fourth-order valence-corrected chi connectivity index (χ4v) is 1.91. The number of aryl methyl sites for hydroxylation is 1. The van der Waals surface area contributed by atoms with Crippen molar-refractivity contribution in [1.82, 2.24) is 4.98 Å². The third kappa shape index (κ3) is 1.58. The van der Waals surface area contributed by atoms with Crippen LogP contribution in [-0.2, 0) is 6.42 Å². The van der Waals surface area contributed by atoms with Crippen molar-refractivity contribution in [3.63, 3.8) is 0 Å². The van der Waals surface area contributed by atoms with E-state index in [1.54, 1.807) is 6.20 Å². The molecule has 0 aromatic carbocycles. The summed E-state index contributed by atoms with van der Waals surface area (Å²) in [4.78, 5) is 4.28. The maximum absolute atomic E-state index is 8.77. The van der Waals surface area contributed by atoms with Crippen LogP contribution in [0, 0.1) is 0 Å². The summed E-state index contributed by atoms with van der Waals surface area (Å²) in [6.45, 7) is 0. The smallest absolute Gasteiger partial charge is 0.0886 e. The molecule has 0 spiro atoms. The van der Waals surface area contributed by atoms with Crippen LogP contribution in [0.5, 0.6) is 0 Å². The van der Waals surface area contributed by atoms with E-state index in [2.05, 4.69) is 26.1 Å². The van der Waals surface area contributed by atoms with Gasteiger partial charge in [0, 0.05) is 21.9 Å². The summed E-state index contributed by atoms with van der Waals surface area (Å²) in [7, 11) is 0. The van der Waals surface area contributed by atoms with E-state index in [-0.39, 0.29) is 0 Å². The van der Waals surface area contributed by atoms with E-state index >= 15 is 0 Å². The van der Waals surface area contributed by atoms with Gasteiger partial charge in [-0.1, -0.05) is 5.16 Å². The lowest BCUT2D eigenvalue weighted by atomic mass is 9.94. The van der Waals surface area contributed by atoms with Crippen LogP contribution in [0.25, 0.3) is 0 Å². The summed E-state index contributed by atoms with van der Waals surface area (Å²) in [6.07, 6.45) is 4.60. The average molecular weight is 241 g/mol. The second-order valence-electron chi connectivity index (χ2n) is 3.05. The number of halogens is 1. The van der Waals surface area contributed by atoms with Crippen molar-refractivity contribution in [3.05, 3.63) is 28.0 Å². The number of hydrogen-bond donors (Lipinski definition) is 1. The van der Waals surface area contributed by atoms with Crippen LogP contribution in [0.1, 0.15) is 24.1 Å². The Bertz CT molecular complexity index is 363. The van der Waals surface area contributed by atoms with Crippen molar-refractivity contribution < 1.29 is 5.21 Å². The number of pyridine rings is 1. The molecule has 1 aromatic rings. The Morgan fingerprint density at radius 2 is 2.31 bits per heavy atom. The predicted molar refractivity (Wildman–Crippen MR) is 53.2 cm³/mol. The van der Waals surface area contributed by atoms with E-state index in [9.17, 15) is 0 Å². The molecule has 0 aliphatic heterocycles. The molecule has 0 saturated carbocycles. The zero-order valence-corrected chi connectivity index (χ0v) is 8.58. The van der Waals surface area contributed by atoms with Crippen LogP contribution in [0.4, 0.5) is 0 Å². The Kier molecular flexibility index (Phi) is 2.31. The third-order valence-electron chi connectivity index (χ3n) is 2.20. The summed E-state index contributed by atoms with van der Waals surface area (Å²) >= 11 is 3.35. The first-order valence-corrected chi connectivity index (χ1v) is 4.96. The second-order valence-corrected chi connectivity index (χ2v) is 3.96. The number of oxime groups is 1. The Balaban J connectivity index is 2.54. The lowest BCUT2D eigenvalue weighted by Crippen LogP contribution is -2.13. The van der Waals surface area contributed by atoms with E-state index in [0.717, 1.165) is 40.7 Å². The molecule has 0 bridgehead atoms. The van der Waals surface area contributed by atoms with Crippen LogP contribution in [0.2, 0.25) is 0 Å². The highest BCUT2D eigenvalue weighted by atomic mass is 79.9. The minimum absolute atomic E-state index is 0.745. The molecule has 1 aliphatic carbocycles. The summed E-state index contributed by atoms with van der Waals surface area (Å²) in [5.41, 5.74) is 2.75. The highest BCUT2D eigenvalue weighted by Gasteiger charge is 2.16. The fraction of sp³-hybridized carbons (Fsp3) is 0.333. The first kappa shape index (κ1) is 8.69. The number of hydrogen-bond acceptors (Lipinski definition) is 3. The summed E-state index contributed by atoms with van der Waals surface area (Å²) in [5.74, 6) is 0. The molecule has 68 valence electrons. The average Bonchev–Trinajstić information content (AvgIpc) is 2.17. The number of fused-ring (bicyclic) bond motifs is 1. The van der Waals surface area contributed by atoms with E-state index in [1.165, 1.54) is 0 Å². The number of aromatic nitrogens is 1. The molecular formula is C9H9BrN2O. The van der Waals surface area contributed by atoms with Gasteiger partial charge in [0.2, 0.25) is 0 Å². The summed E-state index contributed by atoms with van der Waals surface area (Å²) in [5, 5.41) is 12.1. The molecule has 1 heterocycles. The Morgan fingerprint density at radius 1 is 1.46 bits per heavy atom. The van der Waals surface area contributed by atoms with Crippen LogP contribution in [0.15, 0.2) is 21.9 Å². The van der Waals surface area contributed by atoms with Crippen molar-refractivity contribution in [3.8, 4) is 0 Å². The first-order valence-electron chi connectivity index (χ1n) is 4.17. The molecule has 0 amide bonds. The molecule has 0 unspecified atom stereocenters. The standard InChI is InChI=1S/C9H9BrN2O/c10-6-4-7-8(11-5-6)2-1-3-9(7)12-13/h4-5,13H,1-3H2. The largest absolute Gasteiger partial charge is 0.411 e. The van der Waals surface area contributed by atoms with E-state index in [1.807, 2.05) is 6.07 Å². The van der Waals surface area contributed by atoms with Gasteiger partial charge in [-0.2, -0.15) is 0 Å². The number of rotatable bonds is 0. The van der Waals surface area contributed by atoms with Gasteiger partial charge in [-0.3, -0.25) is 4.98 Å². The molecule has 1 aromatic heterocycles. The zero-order chi connectivity index (χ0) is 9.26. The van der Waals surface area contributed by atoms with E-state index in [0.29, 0.717) is 0 Å². The van der Waals surface area contributed by atoms with Crippen LogP contribution < -0.4 is 0 Å². The van der Waals surface area contributed by atoms with Crippen LogP contribution in [-0.4, -0.2) is 15.9 Å². The quantitative estimate of drug-likeness (QED) is 0.559. The zero-order valence-electron chi connectivity index (χ0n) is 7.00. The topological polar surface area (TPSA) is 45.5 Å². The Labute approximate surface area is 84.6 Å². The van der Waals surface area contributed by atoms with Crippen molar-refractivity contribution in [2.24, 2.45) is 5.16 Å². The van der Waals surface area contributed by atoms with Gasteiger partial charge in [-0.15, -0.1) is 0 Å². The molecule has 0 atom stereocenters. The summed E-state index contributed by atoms with van der Waals surface area (Å²) < 4.78 is 0.925. The highest BCUT2D eigenvalue weighted by Crippen LogP contribution is 2.22. The SMILES string of the molecule is ON=C1CCCc2ncc(Br)cc21. The molecule has 13 heavy (non-hydrogen) atoms. The molecule has 3 nitrogen and oxygen atoms in total. The van der Waals surface area contributed by atoms with Gasteiger partial charge < -0.3 is 5.21 Å². The predicted octanol–water partition coefficient (Wildman–Crippen LogP) is 2.36. The maximum Gasteiger partial charge on any atom is 0.0886 e. The third-order valence-corrected chi connectivity index (χ3v) is 2.63. The summed E-state index contributed by atoms with van der Waals surface area (Å²) in [6, 6.07) is 1.95. The molecule has 0 saturated heterocycles. The van der Waals surface area contributed by atoms with Gasteiger partial charge in [0.25, 0.3) is 0 Å². The minimum atomic E-state index is 0.745. The van der Waals surface area contributed by atoms with Gasteiger partial charge in [0.05, 0.1) is 5.71 Å². The second kappa shape index (κ2) is 3.46. The van der Waals surface area contributed by atoms with Crippen molar-refractivity contribution in [1.29, 1.82) is 0 Å². The lowest BCUT2D eigenvalue weighted by Gasteiger charge is -2.15. The van der Waals surface area contributed by atoms with E-state index in [4.69, 9.17) is 5.21 Å². The molecule has 1 N–H and O–H groups in total. The van der Waals surface area contributed by atoms with Gasteiger partial charge >= 0.3 is 0 Å². The molecule has 4 heteroatoms. The van der Waals surface area contributed by atoms with Crippen molar-refractivity contribution >= 4 is 21.6 Å². The van der Waals surface area contributed by atoms with Gasteiger partial charge in [0.15, 0.2) is 0 Å². The van der Waals surface area contributed by atoms with Crippen molar-refractivity contribution in [2.45, 2.75) is 19.3 Å². The van der Waals surface area contributed by atoms with Gasteiger partial charge in [-0.25, -0.2) is 0 Å². The number of nitrogens with zero attached hydrogens (tertiary/aromatic N) is 2. The molecular weight excluding hydrogens is 232 g/mol. The van der Waals surface area contributed by atoms with Gasteiger partial charge in [0.1, 0.15) is 0 Å². The Hall–Kier alpha value is -0.900. The maximum atomic E-state index is 8.77.